The van der Waals surface area contributed by atoms with Crippen LogP contribution in [0.3, 0.4) is 0 Å². The van der Waals surface area contributed by atoms with E-state index in [1.54, 1.807) is 0 Å². The molecule has 0 aliphatic rings. The second kappa shape index (κ2) is 12.8. The molecule has 0 heterocycles. The molecule has 0 bridgehead atoms. The summed E-state index contributed by atoms with van der Waals surface area (Å²) in [5.74, 6) is 0. The van der Waals surface area contributed by atoms with Crippen molar-refractivity contribution < 1.29 is 58.7 Å². The smallest absolute Gasteiger partial charge is 1.00 e. The molecule has 5 N–H and O–H groups in total. The van der Waals surface area contributed by atoms with E-state index in [4.69, 9.17) is 27.7 Å². The fraction of sp³-hybridized carbons (Fsp3) is 1.00. The quantitative estimate of drug-likeness (QED) is 0.185. The van der Waals surface area contributed by atoms with Gasteiger partial charge in [0.15, 0.2) is 0 Å². The molecule has 0 rings (SSSR count). The zero-order valence-electron chi connectivity index (χ0n) is 8.34. The van der Waals surface area contributed by atoms with Crippen LogP contribution in [-0.2, 0) is 10.4 Å². The Balaban J connectivity index is -0.0000000651. The molecule has 13 heavy (non-hydrogen) atoms. The molecule has 0 atom stereocenters. The molecule has 0 aromatic carbocycles. The average Bonchev–Trinajstić information content (AvgIpc) is 1.85. The largest absolute Gasteiger partial charge is 1.00 e. The molecule has 0 aliphatic heterocycles. The van der Waals surface area contributed by atoms with Gasteiger partial charge in [-0.15, -0.1) is 0 Å². The summed E-state index contributed by atoms with van der Waals surface area (Å²) >= 11 is 0. The first-order chi connectivity index (χ1) is 5.41. The van der Waals surface area contributed by atoms with Gasteiger partial charge in [0.1, 0.15) is 0 Å². The fourth-order valence-electron chi connectivity index (χ4n) is 0.283. The van der Waals surface area contributed by atoms with Crippen molar-refractivity contribution in [2.24, 2.45) is 0 Å². The molecule has 0 aromatic heterocycles. The summed E-state index contributed by atoms with van der Waals surface area (Å²) in [6.45, 7) is 1.42. The van der Waals surface area contributed by atoms with Gasteiger partial charge in [0.2, 0.25) is 0 Å². The summed E-state index contributed by atoms with van der Waals surface area (Å²) in [5, 5.41) is 19.1. The van der Waals surface area contributed by atoms with E-state index in [9.17, 15) is 0 Å². The minimum Gasteiger partial charge on any atom is -1.00 e. The van der Waals surface area contributed by atoms with Gasteiger partial charge in [0, 0.05) is 13.1 Å². The van der Waals surface area contributed by atoms with Crippen molar-refractivity contribution in [1.29, 1.82) is 0 Å². The van der Waals surface area contributed by atoms with Gasteiger partial charge >= 0.3 is 40.0 Å². The van der Waals surface area contributed by atoms with Gasteiger partial charge in [-0.05, 0) is 0 Å². The van der Waals surface area contributed by atoms with Crippen molar-refractivity contribution in [1.82, 2.24) is 5.32 Å². The molecule has 0 amide bonds. The van der Waals surface area contributed by atoms with Gasteiger partial charge in [-0.3, -0.25) is 9.11 Å². The molecule has 0 saturated heterocycles. The third kappa shape index (κ3) is 65.3. The Morgan fingerprint density at radius 1 is 1.08 bits per heavy atom. The first-order valence-electron chi connectivity index (χ1n) is 3.04. The Kier molecular flexibility index (Phi) is 19.0. The third-order valence-electron chi connectivity index (χ3n) is 0.577. The molecule has 7 nitrogen and oxygen atoms in total. The third-order valence-corrected chi connectivity index (χ3v) is 0.577. The molecule has 9 heteroatoms. The zero-order valence-corrected chi connectivity index (χ0v) is 10.2. The van der Waals surface area contributed by atoms with Crippen LogP contribution >= 0.6 is 0 Å². The number of nitrogens with one attached hydrogen (secondary N) is 1. The monoisotopic (exact) mass is 227 g/mol. The Bertz CT molecular complexity index is 165. The van der Waals surface area contributed by atoms with E-state index in [0.29, 0.717) is 13.1 Å². The first kappa shape index (κ1) is 19.3. The van der Waals surface area contributed by atoms with Gasteiger partial charge in [-0.25, -0.2) is 0 Å². The molecular weight excluding hydrogens is 213 g/mol. The maximum atomic E-state index is 8.74. The topological polar surface area (TPSA) is 127 Å². The van der Waals surface area contributed by atoms with Crippen LogP contribution in [0.25, 0.3) is 0 Å². The normalized spacial score (nSPS) is 9.54. The van der Waals surface area contributed by atoms with E-state index in [1.807, 2.05) is 0 Å². The Hall–Kier alpha value is 0.750. The molecule has 0 aromatic rings. The van der Waals surface area contributed by atoms with E-state index in [1.165, 1.54) is 0 Å². The Morgan fingerprint density at radius 3 is 1.46 bits per heavy atom. The van der Waals surface area contributed by atoms with Crippen LogP contribution in [-0.4, -0.2) is 54.0 Å². The number of aliphatic hydroxyl groups is 2. The predicted octanol–water partition coefficient (Wildman–Crippen LogP) is -4.98. The first-order valence-corrected chi connectivity index (χ1v) is 4.44. The second-order valence-corrected chi connectivity index (χ2v) is 2.54. The van der Waals surface area contributed by atoms with Crippen LogP contribution in [0.4, 0.5) is 0 Å². The summed E-state index contributed by atoms with van der Waals surface area (Å²) in [6.07, 6.45) is 0. The van der Waals surface area contributed by atoms with Crippen molar-refractivity contribution in [3.8, 4) is 0 Å². The maximum Gasteiger partial charge on any atom is 1.00 e. The zero-order chi connectivity index (χ0) is 10.0. The Labute approximate surface area is 101 Å². The number of hydrogen-bond acceptors (Lipinski definition) is 5. The van der Waals surface area contributed by atoms with E-state index >= 15 is 0 Å². The number of hydrogen-bond donors (Lipinski definition) is 5. The molecule has 0 aliphatic carbocycles. The summed E-state index contributed by atoms with van der Waals surface area (Å²) in [4.78, 5) is 0. The van der Waals surface area contributed by atoms with E-state index in [-0.39, 0.29) is 44.2 Å². The minimum absolute atomic E-state index is 0. The molecule has 0 spiro atoms. The molecule has 78 valence electrons. The van der Waals surface area contributed by atoms with Gasteiger partial charge in [-0.1, -0.05) is 0 Å². The SMILES string of the molecule is O=S(=O)(O)O.OCCNCCO.[H-].[Na+]. The fourth-order valence-corrected chi connectivity index (χ4v) is 0.283. The summed E-state index contributed by atoms with van der Waals surface area (Å²) in [6, 6.07) is 0. The molecule has 0 unspecified atom stereocenters. The second-order valence-electron chi connectivity index (χ2n) is 1.65. The summed E-state index contributed by atoms with van der Waals surface area (Å²) < 4.78 is 31.6. The molecule has 0 fully saturated rings. The number of aliphatic hydroxyl groups excluding tert-OH is 2. The van der Waals surface area contributed by atoms with E-state index < -0.39 is 10.4 Å². The standard InChI is InChI=1S/C4H11NO2.Na.H2O4S.H/c6-3-1-5-2-4-7;;1-5(2,3)4;/h5-7H,1-4H2;;(H2,1,2,3,4);/q;+1;;-1. The van der Waals surface area contributed by atoms with Crippen LogP contribution in [0.2, 0.25) is 0 Å². The van der Waals surface area contributed by atoms with E-state index in [0.717, 1.165) is 0 Å². The minimum atomic E-state index is -4.67. The predicted molar refractivity (Wildman–Crippen MR) is 42.3 cm³/mol. The van der Waals surface area contributed by atoms with Gasteiger partial charge in [-0.2, -0.15) is 8.42 Å². The van der Waals surface area contributed by atoms with Crippen molar-refractivity contribution in [3.05, 3.63) is 0 Å². The molecular formula is C4H14NNaO6S. The van der Waals surface area contributed by atoms with Crippen LogP contribution < -0.4 is 34.9 Å². The van der Waals surface area contributed by atoms with Crippen LogP contribution in [0, 0.1) is 0 Å². The summed E-state index contributed by atoms with van der Waals surface area (Å²) in [5.41, 5.74) is 0. The van der Waals surface area contributed by atoms with Crippen LogP contribution in [0.15, 0.2) is 0 Å². The van der Waals surface area contributed by atoms with Crippen molar-refractivity contribution >= 4 is 10.4 Å². The van der Waals surface area contributed by atoms with E-state index in [2.05, 4.69) is 5.32 Å². The van der Waals surface area contributed by atoms with Crippen molar-refractivity contribution in [3.63, 3.8) is 0 Å². The van der Waals surface area contributed by atoms with Crippen molar-refractivity contribution in [2.75, 3.05) is 26.3 Å². The van der Waals surface area contributed by atoms with Crippen molar-refractivity contribution in [2.45, 2.75) is 0 Å². The number of rotatable bonds is 4. The molecule has 0 saturated carbocycles. The van der Waals surface area contributed by atoms with Crippen LogP contribution in [0.1, 0.15) is 1.43 Å². The maximum absolute atomic E-state index is 8.74. The molecule has 0 radical (unpaired) electrons. The average molecular weight is 227 g/mol. The van der Waals surface area contributed by atoms with Gasteiger partial charge in [0.25, 0.3) is 0 Å². The van der Waals surface area contributed by atoms with Gasteiger partial charge in [0.05, 0.1) is 13.2 Å². The van der Waals surface area contributed by atoms with Gasteiger partial charge < -0.3 is 17.0 Å². The Morgan fingerprint density at radius 2 is 1.31 bits per heavy atom. The van der Waals surface area contributed by atoms with Crippen LogP contribution in [0.5, 0.6) is 0 Å². The summed E-state index contributed by atoms with van der Waals surface area (Å²) in [7, 11) is -4.67.